The fraction of sp³-hybridized carbons (Fsp3) is 0.304. The number of ether oxygens (including phenoxy) is 1. The number of nitrogens with zero attached hydrogens (tertiary/aromatic N) is 1. The van der Waals surface area contributed by atoms with Crippen molar-refractivity contribution >= 4 is 22.6 Å². The first-order chi connectivity index (χ1) is 14.3. The summed E-state index contributed by atoms with van der Waals surface area (Å²) >= 11 is 0. The molecule has 0 spiro atoms. The smallest absolute Gasteiger partial charge is 0.308 e. The number of aryl methyl sites for hydroxylation is 1. The Hall–Kier alpha value is -3.48. The number of fused-ring (bicyclic) bond motifs is 1. The number of hydrogen-bond donors (Lipinski definition) is 2. The number of aromatic amines is 1. The summed E-state index contributed by atoms with van der Waals surface area (Å²) in [7, 11) is 0. The Balaban J connectivity index is 1.81. The van der Waals surface area contributed by atoms with Crippen LogP contribution in [-0.2, 0) is 20.7 Å². The maximum atomic E-state index is 12.8. The highest BCUT2D eigenvalue weighted by atomic mass is 16.5. The van der Waals surface area contributed by atoms with Crippen LogP contribution in [0.4, 0.5) is 0 Å². The molecule has 156 valence electrons. The number of amides is 1. The third kappa shape index (κ3) is 5.31. The number of esters is 1. The topological polar surface area (TPSA) is 101 Å². The van der Waals surface area contributed by atoms with E-state index in [2.05, 4.69) is 15.5 Å². The Morgan fingerprint density at radius 2 is 1.73 bits per heavy atom. The Kier molecular flexibility index (Phi) is 6.61. The van der Waals surface area contributed by atoms with Crippen LogP contribution in [0, 0.1) is 6.92 Å². The molecular formula is C23H25N3O4. The SMILES string of the molecule is Cc1ccc([C@H](CC(=O)OC(C)C)NC(=O)Cc2n[nH]c(=O)c3ccccc23)cc1. The molecule has 1 aromatic heterocycles. The van der Waals surface area contributed by atoms with E-state index in [1.54, 1.807) is 38.1 Å². The second-order valence-corrected chi connectivity index (χ2v) is 7.50. The lowest BCUT2D eigenvalue weighted by atomic mass is 10.0. The third-order valence-electron chi connectivity index (χ3n) is 4.66. The number of benzene rings is 2. The van der Waals surface area contributed by atoms with Gasteiger partial charge in [0, 0.05) is 5.39 Å². The van der Waals surface area contributed by atoms with Gasteiger partial charge >= 0.3 is 5.97 Å². The minimum absolute atomic E-state index is 0.0206. The van der Waals surface area contributed by atoms with Gasteiger partial charge in [-0.1, -0.05) is 48.0 Å². The zero-order valence-corrected chi connectivity index (χ0v) is 17.3. The molecule has 1 atom stereocenters. The molecule has 3 aromatic rings. The van der Waals surface area contributed by atoms with Crippen LogP contribution in [0.2, 0.25) is 0 Å². The van der Waals surface area contributed by atoms with E-state index < -0.39 is 6.04 Å². The second-order valence-electron chi connectivity index (χ2n) is 7.50. The van der Waals surface area contributed by atoms with E-state index in [0.29, 0.717) is 16.5 Å². The zero-order valence-electron chi connectivity index (χ0n) is 17.3. The molecule has 0 aliphatic carbocycles. The van der Waals surface area contributed by atoms with Crippen molar-refractivity contribution in [2.45, 2.75) is 45.8 Å². The van der Waals surface area contributed by atoms with Crippen molar-refractivity contribution in [3.63, 3.8) is 0 Å². The molecule has 0 fully saturated rings. The van der Waals surface area contributed by atoms with E-state index in [1.165, 1.54) is 0 Å². The molecule has 1 heterocycles. The van der Waals surface area contributed by atoms with Gasteiger partial charge in [-0.3, -0.25) is 14.4 Å². The summed E-state index contributed by atoms with van der Waals surface area (Å²) in [5.74, 6) is -0.689. The van der Waals surface area contributed by atoms with Crippen molar-refractivity contribution in [2.75, 3.05) is 0 Å². The number of hydrogen-bond acceptors (Lipinski definition) is 5. The van der Waals surface area contributed by atoms with Crippen LogP contribution in [0.25, 0.3) is 10.8 Å². The summed E-state index contributed by atoms with van der Waals surface area (Å²) in [4.78, 5) is 37.0. The average Bonchev–Trinajstić information content (AvgIpc) is 2.70. The van der Waals surface area contributed by atoms with Crippen LogP contribution in [0.5, 0.6) is 0 Å². The van der Waals surface area contributed by atoms with Gasteiger partial charge in [-0.25, -0.2) is 5.10 Å². The van der Waals surface area contributed by atoms with Gasteiger partial charge in [0.25, 0.3) is 5.56 Å². The summed E-state index contributed by atoms with van der Waals surface area (Å²) < 4.78 is 5.25. The highest BCUT2D eigenvalue weighted by molar-refractivity contribution is 5.88. The van der Waals surface area contributed by atoms with Crippen molar-refractivity contribution in [2.24, 2.45) is 0 Å². The summed E-state index contributed by atoms with van der Waals surface area (Å²) in [6.45, 7) is 5.53. The molecule has 2 N–H and O–H groups in total. The lowest BCUT2D eigenvalue weighted by Gasteiger charge is -2.20. The van der Waals surface area contributed by atoms with Gasteiger partial charge in [0.2, 0.25) is 5.91 Å². The first-order valence-electron chi connectivity index (χ1n) is 9.85. The van der Waals surface area contributed by atoms with Gasteiger partial charge in [-0.05, 0) is 32.4 Å². The fourth-order valence-corrected chi connectivity index (χ4v) is 3.23. The quantitative estimate of drug-likeness (QED) is 0.587. The predicted molar refractivity (Wildman–Crippen MR) is 114 cm³/mol. The van der Waals surface area contributed by atoms with Gasteiger partial charge < -0.3 is 10.1 Å². The third-order valence-corrected chi connectivity index (χ3v) is 4.66. The summed E-state index contributed by atoms with van der Waals surface area (Å²) in [5, 5.41) is 10.5. The van der Waals surface area contributed by atoms with Crippen LogP contribution in [-0.4, -0.2) is 28.2 Å². The second kappa shape index (κ2) is 9.35. The molecule has 0 aliphatic heterocycles. The van der Waals surface area contributed by atoms with Crippen molar-refractivity contribution in [3.8, 4) is 0 Å². The number of H-pyrrole nitrogens is 1. The highest BCUT2D eigenvalue weighted by Crippen LogP contribution is 2.20. The first kappa shape index (κ1) is 21.2. The highest BCUT2D eigenvalue weighted by Gasteiger charge is 2.21. The molecule has 7 nitrogen and oxygen atoms in total. The lowest BCUT2D eigenvalue weighted by molar-refractivity contribution is -0.148. The Bertz CT molecular complexity index is 1100. The molecule has 0 radical (unpaired) electrons. The molecule has 0 saturated heterocycles. The Morgan fingerprint density at radius 3 is 2.40 bits per heavy atom. The van der Waals surface area contributed by atoms with Gasteiger partial charge in [0.15, 0.2) is 0 Å². The molecule has 30 heavy (non-hydrogen) atoms. The number of carbonyl (C=O) groups is 2. The van der Waals surface area contributed by atoms with Crippen molar-refractivity contribution < 1.29 is 14.3 Å². The number of carbonyl (C=O) groups excluding carboxylic acids is 2. The number of nitrogens with one attached hydrogen (secondary N) is 2. The molecule has 0 saturated carbocycles. The Labute approximate surface area is 174 Å². The van der Waals surface area contributed by atoms with E-state index in [0.717, 1.165) is 11.1 Å². The van der Waals surface area contributed by atoms with E-state index in [4.69, 9.17) is 4.74 Å². The fourth-order valence-electron chi connectivity index (χ4n) is 3.23. The van der Waals surface area contributed by atoms with Crippen molar-refractivity contribution in [1.29, 1.82) is 0 Å². The number of aromatic nitrogens is 2. The van der Waals surface area contributed by atoms with Gasteiger partial charge in [0.05, 0.1) is 36.1 Å². The van der Waals surface area contributed by atoms with Crippen LogP contribution < -0.4 is 10.9 Å². The monoisotopic (exact) mass is 407 g/mol. The summed E-state index contributed by atoms with van der Waals surface area (Å²) in [6.07, 6.45) is -0.241. The van der Waals surface area contributed by atoms with Gasteiger partial charge in [-0.15, -0.1) is 0 Å². The van der Waals surface area contributed by atoms with E-state index in [9.17, 15) is 14.4 Å². The Morgan fingerprint density at radius 1 is 1.07 bits per heavy atom. The van der Waals surface area contributed by atoms with Gasteiger partial charge in [0.1, 0.15) is 0 Å². The van der Waals surface area contributed by atoms with Crippen LogP contribution in [0.15, 0.2) is 53.3 Å². The average molecular weight is 407 g/mol. The van der Waals surface area contributed by atoms with Crippen LogP contribution >= 0.6 is 0 Å². The molecule has 0 unspecified atom stereocenters. The maximum Gasteiger partial charge on any atom is 0.308 e. The molecule has 2 aromatic carbocycles. The zero-order chi connectivity index (χ0) is 21.7. The molecule has 3 rings (SSSR count). The molecule has 7 heteroatoms. The van der Waals surface area contributed by atoms with Crippen molar-refractivity contribution in [1.82, 2.24) is 15.5 Å². The van der Waals surface area contributed by atoms with E-state index >= 15 is 0 Å². The lowest BCUT2D eigenvalue weighted by Crippen LogP contribution is -2.32. The predicted octanol–water partition coefficient (Wildman–Crippen LogP) is 2.97. The minimum Gasteiger partial charge on any atom is -0.463 e. The molecular weight excluding hydrogens is 382 g/mol. The van der Waals surface area contributed by atoms with Crippen LogP contribution in [0.3, 0.4) is 0 Å². The van der Waals surface area contributed by atoms with Gasteiger partial charge in [-0.2, -0.15) is 5.10 Å². The van der Waals surface area contributed by atoms with Crippen LogP contribution in [0.1, 0.15) is 43.1 Å². The van der Waals surface area contributed by atoms with Crippen molar-refractivity contribution in [3.05, 3.63) is 75.7 Å². The minimum atomic E-state index is -0.529. The normalized spacial score (nSPS) is 12.0. The first-order valence-corrected chi connectivity index (χ1v) is 9.85. The summed E-state index contributed by atoms with van der Waals surface area (Å²) in [6, 6.07) is 14.1. The molecule has 0 bridgehead atoms. The summed E-state index contributed by atoms with van der Waals surface area (Å²) in [5.41, 5.74) is 2.06. The maximum absolute atomic E-state index is 12.8. The largest absolute Gasteiger partial charge is 0.463 e. The molecule has 1 amide bonds. The van der Waals surface area contributed by atoms with E-state index in [-0.39, 0.29) is 36.4 Å². The van der Waals surface area contributed by atoms with E-state index in [1.807, 2.05) is 31.2 Å². The molecule has 0 aliphatic rings. The number of rotatable bonds is 7. The standard InChI is InChI=1S/C23H25N3O4/c1-14(2)30-22(28)13-19(16-10-8-15(3)9-11-16)24-21(27)12-20-17-6-4-5-7-18(17)23(29)26-25-20/h4-11,14,19H,12-13H2,1-3H3,(H,24,27)(H,26,29)/t19-/m0/s1.